The van der Waals surface area contributed by atoms with Crippen LogP contribution < -0.4 is 10.2 Å². The molecule has 0 unspecified atom stereocenters. The molecular weight excluding hydrogens is 376 g/mol. The van der Waals surface area contributed by atoms with Crippen molar-refractivity contribution in [3.63, 3.8) is 0 Å². The summed E-state index contributed by atoms with van der Waals surface area (Å²) in [5.74, 6) is -0.659. The molecule has 148 valence electrons. The van der Waals surface area contributed by atoms with E-state index in [4.69, 9.17) is 0 Å². The van der Waals surface area contributed by atoms with E-state index in [1.165, 1.54) is 6.07 Å². The van der Waals surface area contributed by atoms with Gasteiger partial charge in [0.1, 0.15) is 0 Å². The summed E-state index contributed by atoms with van der Waals surface area (Å²) in [5, 5.41) is 2.74. The highest BCUT2D eigenvalue weighted by molar-refractivity contribution is 7.91. The molecular formula is C21H24N2O4S. The third-order valence-electron chi connectivity index (χ3n) is 5.05. The Balaban J connectivity index is 1.67. The molecule has 1 heterocycles. The lowest BCUT2D eigenvalue weighted by molar-refractivity contribution is -0.117. The molecule has 1 aliphatic heterocycles. The summed E-state index contributed by atoms with van der Waals surface area (Å²) in [6.07, 6.45) is 0.0755. The Morgan fingerprint density at radius 3 is 2.54 bits per heavy atom. The van der Waals surface area contributed by atoms with Crippen LogP contribution in [0.4, 0.5) is 11.4 Å². The number of amides is 2. The van der Waals surface area contributed by atoms with Gasteiger partial charge in [-0.05, 0) is 67.8 Å². The number of anilines is 2. The third kappa shape index (κ3) is 4.09. The molecule has 2 aromatic rings. The predicted octanol–water partition coefficient (Wildman–Crippen LogP) is 3.01. The molecule has 7 heteroatoms. The maximum atomic E-state index is 12.6. The zero-order chi connectivity index (χ0) is 20.5. The first kappa shape index (κ1) is 20.1. The van der Waals surface area contributed by atoms with E-state index in [0.717, 1.165) is 16.8 Å². The molecule has 2 aromatic carbocycles. The molecule has 0 aromatic heterocycles. The zero-order valence-electron chi connectivity index (χ0n) is 16.3. The molecule has 0 atom stereocenters. The van der Waals surface area contributed by atoms with E-state index < -0.39 is 9.84 Å². The molecule has 1 N–H and O–H groups in total. The smallest absolute Gasteiger partial charge is 0.231 e. The fourth-order valence-corrected chi connectivity index (χ4v) is 4.57. The molecule has 0 spiro atoms. The molecule has 0 aliphatic carbocycles. The van der Waals surface area contributed by atoms with E-state index in [9.17, 15) is 18.0 Å². The quantitative estimate of drug-likeness (QED) is 0.808. The molecule has 3 rings (SSSR count). The molecule has 1 aliphatic rings. The zero-order valence-corrected chi connectivity index (χ0v) is 17.1. The second kappa shape index (κ2) is 7.75. The van der Waals surface area contributed by atoms with E-state index in [1.807, 2.05) is 32.9 Å². The number of rotatable bonds is 6. The minimum atomic E-state index is -3.62. The van der Waals surface area contributed by atoms with Crippen LogP contribution in [0.2, 0.25) is 0 Å². The predicted molar refractivity (Wildman–Crippen MR) is 109 cm³/mol. The van der Waals surface area contributed by atoms with Gasteiger partial charge >= 0.3 is 0 Å². The van der Waals surface area contributed by atoms with Crippen LogP contribution in [-0.2, 0) is 25.8 Å². The summed E-state index contributed by atoms with van der Waals surface area (Å²) in [5.41, 5.74) is 4.31. The fraction of sp³-hybridized carbons (Fsp3) is 0.333. The summed E-state index contributed by atoms with van der Waals surface area (Å²) >= 11 is 0. The highest BCUT2D eigenvalue weighted by Gasteiger charge is 2.28. The standard InChI is InChI=1S/C21H24N2O4S/c1-4-23-19-8-7-18(12-16(19)13-21(23)25)28(26,27)10-9-20(24)22-17-6-5-14(2)15(3)11-17/h5-8,11-12H,4,9-10,13H2,1-3H3,(H,22,24). The lowest BCUT2D eigenvalue weighted by Crippen LogP contribution is -2.25. The molecule has 0 bridgehead atoms. The van der Waals surface area contributed by atoms with Gasteiger partial charge < -0.3 is 10.2 Å². The molecule has 0 fully saturated rings. The highest BCUT2D eigenvalue weighted by Crippen LogP contribution is 2.31. The third-order valence-corrected chi connectivity index (χ3v) is 6.76. The van der Waals surface area contributed by atoms with Gasteiger partial charge in [-0.1, -0.05) is 6.07 Å². The number of carbonyl (C=O) groups is 2. The van der Waals surface area contributed by atoms with Gasteiger partial charge in [0.15, 0.2) is 9.84 Å². The summed E-state index contributed by atoms with van der Waals surface area (Å²) < 4.78 is 25.3. The first-order chi connectivity index (χ1) is 13.2. The fourth-order valence-electron chi connectivity index (χ4n) is 3.29. The number of nitrogens with zero attached hydrogens (tertiary/aromatic N) is 1. The van der Waals surface area contributed by atoms with E-state index in [2.05, 4.69) is 5.32 Å². The lowest BCUT2D eigenvalue weighted by atomic mass is 10.1. The van der Waals surface area contributed by atoms with Gasteiger partial charge in [0.25, 0.3) is 0 Å². The minimum Gasteiger partial charge on any atom is -0.326 e. The van der Waals surface area contributed by atoms with E-state index in [-0.39, 0.29) is 35.3 Å². The van der Waals surface area contributed by atoms with E-state index in [0.29, 0.717) is 17.8 Å². The van der Waals surface area contributed by atoms with Gasteiger partial charge in [0, 0.05) is 24.3 Å². The van der Waals surface area contributed by atoms with Gasteiger partial charge in [-0.3, -0.25) is 9.59 Å². The Kier molecular flexibility index (Phi) is 5.56. The van der Waals surface area contributed by atoms with Crippen LogP contribution in [0.5, 0.6) is 0 Å². The Labute approximate surface area is 165 Å². The summed E-state index contributed by atoms with van der Waals surface area (Å²) in [6.45, 7) is 6.37. The van der Waals surface area contributed by atoms with Gasteiger partial charge in [-0.25, -0.2) is 8.42 Å². The molecule has 28 heavy (non-hydrogen) atoms. The molecule has 0 saturated carbocycles. The number of sulfone groups is 1. The van der Waals surface area contributed by atoms with Crippen LogP contribution in [-0.4, -0.2) is 32.5 Å². The van der Waals surface area contributed by atoms with E-state index in [1.54, 1.807) is 23.1 Å². The van der Waals surface area contributed by atoms with Crippen LogP contribution in [0, 0.1) is 13.8 Å². The number of likely N-dealkylation sites (N-methyl/N-ethyl adjacent to an activating group) is 1. The molecule has 6 nitrogen and oxygen atoms in total. The van der Waals surface area contributed by atoms with Crippen molar-refractivity contribution in [1.82, 2.24) is 0 Å². The number of hydrogen-bond acceptors (Lipinski definition) is 4. The molecule has 2 amide bonds. The van der Waals surface area contributed by atoms with E-state index >= 15 is 0 Å². The minimum absolute atomic E-state index is 0.0279. The van der Waals surface area contributed by atoms with Crippen molar-refractivity contribution >= 4 is 33.0 Å². The van der Waals surface area contributed by atoms with Crippen molar-refractivity contribution in [2.24, 2.45) is 0 Å². The van der Waals surface area contributed by atoms with Gasteiger partial charge in [0.2, 0.25) is 11.8 Å². The molecule has 0 radical (unpaired) electrons. The van der Waals surface area contributed by atoms with Crippen molar-refractivity contribution in [3.8, 4) is 0 Å². The largest absolute Gasteiger partial charge is 0.326 e. The topological polar surface area (TPSA) is 83.6 Å². The summed E-state index contributed by atoms with van der Waals surface area (Å²) in [7, 11) is -3.62. The lowest BCUT2D eigenvalue weighted by Gasteiger charge is -2.14. The number of fused-ring (bicyclic) bond motifs is 1. The average molecular weight is 401 g/mol. The monoisotopic (exact) mass is 400 g/mol. The first-order valence-corrected chi connectivity index (χ1v) is 10.9. The Morgan fingerprint density at radius 1 is 1.11 bits per heavy atom. The SMILES string of the molecule is CCN1C(=O)Cc2cc(S(=O)(=O)CCC(=O)Nc3ccc(C)c(C)c3)ccc21. The van der Waals surface area contributed by atoms with Crippen LogP contribution >= 0.6 is 0 Å². The van der Waals surface area contributed by atoms with Crippen molar-refractivity contribution < 1.29 is 18.0 Å². The van der Waals surface area contributed by atoms with Crippen LogP contribution in [0.1, 0.15) is 30.0 Å². The average Bonchev–Trinajstić information content (AvgIpc) is 2.97. The number of hydrogen-bond donors (Lipinski definition) is 1. The number of benzene rings is 2. The maximum absolute atomic E-state index is 12.6. The first-order valence-electron chi connectivity index (χ1n) is 9.24. The number of nitrogens with one attached hydrogen (secondary N) is 1. The van der Waals surface area contributed by atoms with Crippen LogP contribution in [0.15, 0.2) is 41.3 Å². The van der Waals surface area contributed by atoms with Gasteiger partial charge in [0.05, 0.1) is 17.1 Å². The normalized spacial score (nSPS) is 13.5. The van der Waals surface area contributed by atoms with Crippen molar-refractivity contribution in [1.29, 1.82) is 0 Å². The van der Waals surface area contributed by atoms with Crippen molar-refractivity contribution in [3.05, 3.63) is 53.1 Å². The van der Waals surface area contributed by atoms with Gasteiger partial charge in [-0.2, -0.15) is 0 Å². The Morgan fingerprint density at radius 2 is 1.86 bits per heavy atom. The Bertz CT molecular complexity index is 1040. The highest BCUT2D eigenvalue weighted by atomic mass is 32.2. The molecule has 0 saturated heterocycles. The number of carbonyl (C=O) groups excluding carboxylic acids is 2. The number of aryl methyl sites for hydroxylation is 2. The Hall–Kier alpha value is -2.67. The van der Waals surface area contributed by atoms with Gasteiger partial charge in [-0.15, -0.1) is 0 Å². The van der Waals surface area contributed by atoms with Crippen LogP contribution in [0.25, 0.3) is 0 Å². The second-order valence-corrected chi connectivity index (χ2v) is 9.13. The second-order valence-electron chi connectivity index (χ2n) is 7.02. The maximum Gasteiger partial charge on any atom is 0.231 e. The summed E-state index contributed by atoms with van der Waals surface area (Å²) in [4.78, 5) is 25.9. The van der Waals surface area contributed by atoms with Crippen molar-refractivity contribution in [2.45, 2.75) is 38.5 Å². The van der Waals surface area contributed by atoms with Crippen LogP contribution in [0.3, 0.4) is 0 Å². The summed E-state index contributed by atoms with van der Waals surface area (Å²) in [6, 6.07) is 10.3. The van der Waals surface area contributed by atoms with Crippen molar-refractivity contribution in [2.75, 3.05) is 22.5 Å².